The molecule has 1 N–H and O–H groups in total. The third kappa shape index (κ3) is 3.49. The molecule has 0 spiro atoms. The molecule has 2 unspecified atom stereocenters. The highest BCUT2D eigenvalue weighted by Gasteiger charge is 2.56. The van der Waals surface area contributed by atoms with Crippen LogP contribution in [-0.2, 0) is 16.1 Å². The summed E-state index contributed by atoms with van der Waals surface area (Å²) in [5, 5.41) is 9.47. The van der Waals surface area contributed by atoms with Crippen LogP contribution in [0.4, 0.5) is 0 Å². The Hall–Kier alpha value is -1.88. The van der Waals surface area contributed by atoms with E-state index < -0.39 is 11.9 Å². The molecule has 1 saturated carbocycles. The normalized spacial score (nSPS) is 33.8. The molecule has 1 aromatic rings. The highest BCUT2D eigenvalue weighted by atomic mass is 16.4. The maximum absolute atomic E-state index is 13.6. The number of fused-ring (bicyclic) bond motifs is 1. The minimum Gasteiger partial charge on any atom is -0.481 e. The zero-order valence-electron chi connectivity index (χ0n) is 16.1. The molecule has 4 rings (SSSR count). The molecule has 5 nitrogen and oxygen atoms in total. The first-order valence-corrected chi connectivity index (χ1v) is 10.3. The van der Waals surface area contributed by atoms with Crippen LogP contribution in [0.15, 0.2) is 30.3 Å². The van der Waals surface area contributed by atoms with Gasteiger partial charge in [0, 0.05) is 32.7 Å². The predicted octanol–water partition coefficient (Wildman–Crippen LogP) is 2.86. The Bertz CT molecular complexity index is 707. The van der Waals surface area contributed by atoms with Crippen molar-refractivity contribution in [2.45, 2.75) is 39.2 Å². The molecule has 4 atom stereocenters. The molecule has 3 aliphatic rings. The Labute approximate surface area is 161 Å². The molecular weight excluding hydrogens is 340 g/mol. The highest BCUT2D eigenvalue weighted by molar-refractivity contribution is 5.85. The van der Waals surface area contributed by atoms with Crippen LogP contribution in [0.2, 0.25) is 0 Å². The third-order valence-corrected chi connectivity index (χ3v) is 6.91. The van der Waals surface area contributed by atoms with Crippen molar-refractivity contribution in [2.75, 3.05) is 26.2 Å². The van der Waals surface area contributed by atoms with Crippen LogP contribution < -0.4 is 0 Å². The molecule has 5 heteroatoms. The number of nitrogens with zero attached hydrogens (tertiary/aromatic N) is 2. The summed E-state index contributed by atoms with van der Waals surface area (Å²) in [6.45, 7) is 5.83. The van der Waals surface area contributed by atoms with Crippen LogP contribution in [0.5, 0.6) is 0 Å². The van der Waals surface area contributed by atoms with Gasteiger partial charge in [0.05, 0.1) is 11.3 Å². The van der Waals surface area contributed by atoms with E-state index in [1.54, 1.807) is 0 Å². The van der Waals surface area contributed by atoms with Crippen LogP contribution in [-0.4, -0.2) is 53.0 Å². The van der Waals surface area contributed by atoms with Gasteiger partial charge in [-0.2, -0.15) is 0 Å². The standard InChI is InChI=1S/C22H30N2O3/c1-16-10-18(20(25)26)13-24(11-16)21(27)22-9-5-8-19(22)14-23(15-22)12-17-6-3-2-4-7-17/h2-4,6-7,16,18-19H,5,8-15H2,1H3,(H,25,26)/t16?,18?,19-,22-/m1/s1. The fourth-order valence-corrected chi connectivity index (χ4v) is 5.72. The second kappa shape index (κ2) is 7.27. The van der Waals surface area contributed by atoms with Gasteiger partial charge in [0.25, 0.3) is 0 Å². The van der Waals surface area contributed by atoms with Crippen LogP contribution in [0.25, 0.3) is 0 Å². The number of amides is 1. The number of hydrogen-bond donors (Lipinski definition) is 1. The summed E-state index contributed by atoms with van der Waals surface area (Å²) in [5.41, 5.74) is 0.993. The van der Waals surface area contributed by atoms with E-state index in [0.717, 1.165) is 38.9 Å². The average molecular weight is 370 g/mol. The molecule has 146 valence electrons. The second-order valence-corrected chi connectivity index (χ2v) is 8.99. The number of carboxylic acids is 1. The largest absolute Gasteiger partial charge is 0.481 e. The smallest absolute Gasteiger partial charge is 0.308 e. The first kappa shape index (κ1) is 18.5. The van der Waals surface area contributed by atoms with Gasteiger partial charge in [0.1, 0.15) is 0 Å². The van der Waals surface area contributed by atoms with Crippen LogP contribution in [0.1, 0.15) is 38.2 Å². The lowest BCUT2D eigenvalue weighted by Crippen LogP contribution is -2.52. The number of piperidine rings is 1. The third-order valence-electron chi connectivity index (χ3n) is 6.91. The van der Waals surface area contributed by atoms with Gasteiger partial charge in [0.2, 0.25) is 5.91 Å². The van der Waals surface area contributed by atoms with Crippen molar-refractivity contribution in [3.05, 3.63) is 35.9 Å². The Balaban J connectivity index is 1.50. The van der Waals surface area contributed by atoms with Gasteiger partial charge in [-0.3, -0.25) is 14.5 Å². The summed E-state index contributed by atoms with van der Waals surface area (Å²) in [7, 11) is 0. The number of carboxylic acid groups (broad SMARTS) is 1. The summed E-state index contributed by atoms with van der Waals surface area (Å²) in [6.07, 6.45) is 3.85. The van der Waals surface area contributed by atoms with E-state index in [-0.39, 0.29) is 17.2 Å². The van der Waals surface area contributed by atoms with Gasteiger partial charge in [0.15, 0.2) is 0 Å². The average Bonchev–Trinajstić information content (AvgIpc) is 3.19. The molecule has 1 aliphatic carbocycles. The van der Waals surface area contributed by atoms with Crippen molar-refractivity contribution in [3.63, 3.8) is 0 Å². The van der Waals surface area contributed by atoms with Crippen molar-refractivity contribution in [1.82, 2.24) is 9.80 Å². The molecule has 1 amide bonds. The molecule has 2 saturated heterocycles. The Morgan fingerprint density at radius 1 is 1.19 bits per heavy atom. The van der Waals surface area contributed by atoms with Crippen LogP contribution in [0, 0.1) is 23.2 Å². The van der Waals surface area contributed by atoms with Crippen molar-refractivity contribution in [3.8, 4) is 0 Å². The van der Waals surface area contributed by atoms with E-state index in [1.807, 2.05) is 11.0 Å². The number of likely N-dealkylation sites (tertiary alicyclic amines) is 2. The number of rotatable bonds is 4. The number of benzene rings is 1. The van der Waals surface area contributed by atoms with Gasteiger partial charge in [-0.15, -0.1) is 0 Å². The molecule has 27 heavy (non-hydrogen) atoms. The predicted molar refractivity (Wildman–Crippen MR) is 103 cm³/mol. The second-order valence-electron chi connectivity index (χ2n) is 8.99. The zero-order chi connectivity index (χ0) is 19.0. The van der Waals surface area contributed by atoms with Gasteiger partial charge < -0.3 is 10.0 Å². The fraction of sp³-hybridized carbons (Fsp3) is 0.636. The number of carbonyl (C=O) groups excluding carboxylic acids is 1. The van der Waals surface area contributed by atoms with E-state index in [4.69, 9.17) is 0 Å². The minimum absolute atomic E-state index is 0.221. The SMILES string of the molecule is CC1CC(C(=O)O)CN(C(=O)[C@@]23CCC[C@@H]2CN(Cc2ccccc2)C3)C1. The van der Waals surface area contributed by atoms with E-state index >= 15 is 0 Å². The summed E-state index contributed by atoms with van der Waals surface area (Å²) in [4.78, 5) is 29.5. The number of carbonyl (C=O) groups is 2. The Morgan fingerprint density at radius 2 is 1.96 bits per heavy atom. The quantitative estimate of drug-likeness (QED) is 0.885. The lowest BCUT2D eigenvalue weighted by Gasteiger charge is -2.40. The molecule has 3 fully saturated rings. The fourth-order valence-electron chi connectivity index (χ4n) is 5.72. The molecule has 0 radical (unpaired) electrons. The molecular formula is C22H30N2O3. The van der Waals surface area contributed by atoms with E-state index in [0.29, 0.717) is 25.4 Å². The molecule has 0 aromatic heterocycles. The summed E-state index contributed by atoms with van der Waals surface area (Å²) >= 11 is 0. The number of hydrogen-bond acceptors (Lipinski definition) is 3. The van der Waals surface area contributed by atoms with Crippen molar-refractivity contribution in [2.24, 2.45) is 23.2 Å². The lowest BCUT2D eigenvalue weighted by molar-refractivity contribution is -0.151. The van der Waals surface area contributed by atoms with Crippen molar-refractivity contribution >= 4 is 11.9 Å². The maximum Gasteiger partial charge on any atom is 0.308 e. The summed E-state index contributed by atoms with van der Waals surface area (Å²) < 4.78 is 0. The topological polar surface area (TPSA) is 60.9 Å². The Morgan fingerprint density at radius 3 is 2.70 bits per heavy atom. The lowest BCUT2D eigenvalue weighted by atomic mass is 9.78. The van der Waals surface area contributed by atoms with Gasteiger partial charge in [-0.1, -0.05) is 43.7 Å². The zero-order valence-corrected chi connectivity index (χ0v) is 16.1. The summed E-state index contributed by atoms with van der Waals surface area (Å²) in [6, 6.07) is 10.4. The monoisotopic (exact) mass is 370 g/mol. The van der Waals surface area contributed by atoms with E-state index in [2.05, 4.69) is 36.1 Å². The molecule has 2 heterocycles. The number of aliphatic carboxylic acids is 1. The minimum atomic E-state index is -0.767. The van der Waals surface area contributed by atoms with E-state index in [1.165, 1.54) is 5.56 Å². The van der Waals surface area contributed by atoms with Crippen molar-refractivity contribution < 1.29 is 14.7 Å². The van der Waals surface area contributed by atoms with Gasteiger partial charge in [-0.25, -0.2) is 0 Å². The first-order valence-electron chi connectivity index (χ1n) is 10.3. The molecule has 0 bridgehead atoms. The van der Waals surface area contributed by atoms with Gasteiger partial charge >= 0.3 is 5.97 Å². The molecule has 2 aliphatic heterocycles. The van der Waals surface area contributed by atoms with Gasteiger partial charge in [-0.05, 0) is 36.7 Å². The Kier molecular flexibility index (Phi) is 4.97. The first-order chi connectivity index (χ1) is 13.0. The van der Waals surface area contributed by atoms with Crippen molar-refractivity contribution in [1.29, 1.82) is 0 Å². The summed E-state index contributed by atoms with van der Waals surface area (Å²) in [5.74, 6) is -0.304. The van der Waals surface area contributed by atoms with Crippen LogP contribution in [0.3, 0.4) is 0 Å². The highest BCUT2D eigenvalue weighted by Crippen LogP contribution is 2.50. The molecule has 1 aromatic carbocycles. The van der Waals surface area contributed by atoms with E-state index in [9.17, 15) is 14.7 Å². The van der Waals surface area contributed by atoms with Crippen LogP contribution >= 0.6 is 0 Å². The maximum atomic E-state index is 13.6.